The predicted molar refractivity (Wildman–Crippen MR) is 72.1 cm³/mol. The molecule has 1 aliphatic rings. The minimum absolute atomic E-state index is 0.174. The van der Waals surface area contributed by atoms with Gasteiger partial charge in [-0.1, -0.05) is 15.9 Å². The van der Waals surface area contributed by atoms with Gasteiger partial charge in [0.1, 0.15) is 0 Å². The van der Waals surface area contributed by atoms with Gasteiger partial charge in [-0.2, -0.15) is 0 Å². The summed E-state index contributed by atoms with van der Waals surface area (Å²) >= 11 is 5.46. The van der Waals surface area contributed by atoms with E-state index in [0.717, 1.165) is 13.6 Å². The van der Waals surface area contributed by atoms with Crippen molar-refractivity contribution in [2.45, 2.75) is 12.3 Å². The van der Waals surface area contributed by atoms with Crippen molar-refractivity contribution >= 4 is 44.4 Å². The second-order valence-corrected chi connectivity index (χ2v) is 6.10. The Morgan fingerprint density at radius 1 is 1.47 bits per heavy atom. The van der Waals surface area contributed by atoms with Gasteiger partial charge in [0.25, 0.3) is 5.92 Å². The molecule has 1 heterocycles. The number of carbonyl (C=O) groups excluding carboxylic acids is 1. The normalized spacial score (nSPS) is 17.8. The molecule has 17 heavy (non-hydrogen) atoms. The minimum Gasteiger partial charge on any atom is -0.330 e. The Balaban J connectivity index is 2.02. The number of hydrogen-bond donors (Lipinski definition) is 0. The van der Waals surface area contributed by atoms with Crippen molar-refractivity contribution in [1.29, 1.82) is 0 Å². The average molecular weight is 416 g/mol. The zero-order valence-corrected chi connectivity index (χ0v) is 12.5. The Bertz CT molecular complexity index is 459. The third-order valence-corrected chi connectivity index (χ3v) is 4.09. The molecule has 0 atom stereocenters. The number of benzene rings is 1. The van der Waals surface area contributed by atoms with E-state index in [1.807, 2.05) is 18.2 Å². The van der Waals surface area contributed by atoms with Crippen LogP contribution in [-0.4, -0.2) is 29.8 Å². The fourth-order valence-electron chi connectivity index (χ4n) is 1.64. The third kappa shape index (κ3) is 3.15. The van der Waals surface area contributed by atoms with E-state index in [0.29, 0.717) is 0 Å². The van der Waals surface area contributed by atoms with Crippen LogP contribution in [0, 0.1) is 3.57 Å². The van der Waals surface area contributed by atoms with E-state index in [9.17, 15) is 13.6 Å². The van der Waals surface area contributed by atoms with E-state index in [2.05, 4.69) is 38.5 Å². The second-order valence-electron chi connectivity index (χ2n) is 4.02. The van der Waals surface area contributed by atoms with Crippen LogP contribution in [0.3, 0.4) is 0 Å². The molecule has 2 rings (SSSR count). The van der Waals surface area contributed by atoms with Crippen LogP contribution in [0.1, 0.15) is 5.56 Å². The zero-order chi connectivity index (χ0) is 12.6. The number of rotatable bonds is 2. The molecule has 0 spiro atoms. The summed E-state index contributed by atoms with van der Waals surface area (Å²) in [7, 11) is 0. The lowest BCUT2D eigenvalue weighted by Crippen LogP contribution is -2.58. The molecule has 92 valence electrons. The van der Waals surface area contributed by atoms with E-state index in [4.69, 9.17) is 0 Å². The van der Waals surface area contributed by atoms with Crippen molar-refractivity contribution < 1.29 is 13.6 Å². The van der Waals surface area contributed by atoms with Gasteiger partial charge in [0.2, 0.25) is 5.91 Å². The lowest BCUT2D eigenvalue weighted by Gasteiger charge is -2.38. The number of halogens is 4. The van der Waals surface area contributed by atoms with Crippen LogP contribution < -0.4 is 0 Å². The van der Waals surface area contributed by atoms with Crippen LogP contribution in [-0.2, 0) is 11.2 Å². The maximum Gasteiger partial charge on any atom is 0.282 e. The van der Waals surface area contributed by atoms with Gasteiger partial charge in [0.05, 0.1) is 19.5 Å². The molecule has 0 saturated carbocycles. The maximum absolute atomic E-state index is 12.6. The molecule has 1 saturated heterocycles. The second kappa shape index (κ2) is 4.79. The molecule has 1 fully saturated rings. The molecule has 0 N–H and O–H groups in total. The Morgan fingerprint density at radius 3 is 2.71 bits per heavy atom. The number of carbonyl (C=O) groups is 1. The first kappa shape index (κ1) is 13.2. The van der Waals surface area contributed by atoms with E-state index >= 15 is 0 Å². The van der Waals surface area contributed by atoms with Gasteiger partial charge in [-0.05, 0) is 46.4 Å². The van der Waals surface area contributed by atoms with Gasteiger partial charge in [0, 0.05) is 8.04 Å². The number of likely N-dealkylation sites (tertiary alicyclic amines) is 1. The van der Waals surface area contributed by atoms with Gasteiger partial charge in [-0.15, -0.1) is 0 Å². The summed E-state index contributed by atoms with van der Waals surface area (Å²) in [5.74, 6) is -2.94. The molecule has 6 heteroatoms. The fourth-order valence-corrected chi connectivity index (χ4v) is 2.58. The number of alkyl halides is 2. The molecule has 1 aromatic rings. The molecule has 1 aliphatic heterocycles. The topological polar surface area (TPSA) is 20.3 Å². The third-order valence-electron chi connectivity index (χ3n) is 2.55. The molecule has 1 amide bonds. The van der Waals surface area contributed by atoms with Gasteiger partial charge in [-0.3, -0.25) is 4.79 Å². The van der Waals surface area contributed by atoms with E-state index < -0.39 is 19.0 Å². The first-order valence-corrected chi connectivity index (χ1v) is 6.84. The van der Waals surface area contributed by atoms with Crippen LogP contribution in [0.2, 0.25) is 0 Å². The van der Waals surface area contributed by atoms with E-state index in [-0.39, 0.29) is 12.3 Å². The largest absolute Gasteiger partial charge is 0.330 e. The van der Waals surface area contributed by atoms with Crippen molar-refractivity contribution in [2.24, 2.45) is 0 Å². The highest BCUT2D eigenvalue weighted by Gasteiger charge is 2.45. The number of nitrogens with zero attached hydrogens (tertiary/aromatic N) is 1. The van der Waals surface area contributed by atoms with Crippen molar-refractivity contribution in [3.63, 3.8) is 0 Å². The summed E-state index contributed by atoms with van der Waals surface area (Å²) in [5.41, 5.74) is 0.861. The minimum atomic E-state index is -2.69. The van der Waals surface area contributed by atoms with Crippen LogP contribution in [0.25, 0.3) is 0 Å². The molecule has 1 aromatic carbocycles. The summed E-state index contributed by atoms with van der Waals surface area (Å²) in [6.07, 6.45) is 0.174. The lowest BCUT2D eigenvalue weighted by atomic mass is 10.1. The summed E-state index contributed by atoms with van der Waals surface area (Å²) in [6, 6.07) is 5.61. The van der Waals surface area contributed by atoms with E-state index in [1.54, 1.807) is 0 Å². The molecule has 2 nitrogen and oxygen atoms in total. The summed E-state index contributed by atoms with van der Waals surface area (Å²) < 4.78 is 27.1. The molecular formula is C11H9BrF2INO. The van der Waals surface area contributed by atoms with Gasteiger partial charge in [-0.25, -0.2) is 8.78 Å². The zero-order valence-electron chi connectivity index (χ0n) is 8.72. The van der Waals surface area contributed by atoms with Crippen LogP contribution >= 0.6 is 38.5 Å². The van der Waals surface area contributed by atoms with Crippen molar-refractivity contribution in [2.75, 3.05) is 13.1 Å². The van der Waals surface area contributed by atoms with Crippen LogP contribution in [0.4, 0.5) is 8.78 Å². The SMILES string of the molecule is O=C(Cc1cc(Br)ccc1I)N1CC(F)(F)C1. The molecule has 0 bridgehead atoms. The van der Waals surface area contributed by atoms with E-state index in [1.165, 1.54) is 4.90 Å². The van der Waals surface area contributed by atoms with Crippen LogP contribution in [0.5, 0.6) is 0 Å². The smallest absolute Gasteiger partial charge is 0.282 e. The molecular weight excluding hydrogens is 407 g/mol. The Labute approximate surface area is 120 Å². The Kier molecular flexibility index (Phi) is 3.72. The van der Waals surface area contributed by atoms with Gasteiger partial charge < -0.3 is 4.90 Å². The number of amides is 1. The van der Waals surface area contributed by atoms with Gasteiger partial charge >= 0.3 is 0 Å². The Hall–Kier alpha value is -0.240. The first-order chi connectivity index (χ1) is 7.87. The quantitative estimate of drug-likeness (QED) is 0.680. The standard InChI is InChI=1S/C11H9BrF2INO/c12-8-1-2-9(15)7(3-8)4-10(17)16-5-11(13,14)6-16/h1-3H,4-6H2. The monoisotopic (exact) mass is 415 g/mol. The average Bonchev–Trinajstić information content (AvgIpc) is 2.20. The highest BCUT2D eigenvalue weighted by molar-refractivity contribution is 14.1. The lowest BCUT2D eigenvalue weighted by molar-refractivity contribution is -0.165. The Morgan fingerprint density at radius 2 is 2.12 bits per heavy atom. The summed E-state index contributed by atoms with van der Waals surface area (Å²) in [5, 5.41) is 0. The van der Waals surface area contributed by atoms with Gasteiger partial charge in [0.15, 0.2) is 0 Å². The highest BCUT2D eigenvalue weighted by atomic mass is 127. The predicted octanol–water partition coefficient (Wildman–Crippen LogP) is 3.07. The van der Waals surface area contributed by atoms with Crippen molar-refractivity contribution in [1.82, 2.24) is 4.90 Å². The molecule has 0 radical (unpaired) electrons. The molecule has 0 aliphatic carbocycles. The van der Waals surface area contributed by atoms with Crippen molar-refractivity contribution in [3.8, 4) is 0 Å². The summed E-state index contributed by atoms with van der Waals surface area (Å²) in [6.45, 7) is -0.896. The van der Waals surface area contributed by atoms with Crippen LogP contribution in [0.15, 0.2) is 22.7 Å². The number of hydrogen-bond acceptors (Lipinski definition) is 1. The fraction of sp³-hybridized carbons (Fsp3) is 0.364. The summed E-state index contributed by atoms with van der Waals surface area (Å²) in [4.78, 5) is 12.9. The van der Waals surface area contributed by atoms with Crippen molar-refractivity contribution in [3.05, 3.63) is 31.8 Å². The maximum atomic E-state index is 12.6. The highest BCUT2D eigenvalue weighted by Crippen LogP contribution is 2.28. The molecule has 0 aromatic heterocycles. The molecule has 0 unspecified atom stereocenters. The first-order valence-electron chi connectivity index (χ1n) is 4.97.